The van der Waals surface area contributed by atoms with E-state index in [0.29, 0.717) is 5.56 Å². The van der Waals surface area contributed by atoms with Crippen molar-refractivity contribution in [3.8, 4) is 6.07 Å². The van der Waals surface area contributed by atoms with E-state index < -0.39 is 0 Å². The van der Waals surface area contributed by atoms with Crippen LogP contribution in [0, 0.1) is 11.3 Å². The number of hydrogen-bond donors (Lipinski definition) is 0. The van der Waals surface area contributed by atoms with Crippen molar-refractivity contribution < 1.29 is 0 Å². The molecule has 0 saturated heterocycles. The Kier molecular flexibility index (Phi) is 1.67. The third-order valence-electron chi connectivity index (χ3n) is 1.79. The number of rotatable bonds is 1. The number of nitriles is 1. The Morgan fingerprint density at radius 3 is 3.15 bits per heavy atom. The van der Waals surface area contributed by atoms with Crippen LogP contribution in [-0.4, -0.2) is 19.8 Å². The third-order valence-corrected chi connectivity index (χ3v) is 1.79. The highest BCUT2D eigenvalue weighted by Crippen LogP contribution is 2.05. The van der Waals surface area contributed by atoms with E-state index in [2.05, 4.69) is 15.3 Å². The van der Waals surface area contributed by atoms with Gasteiger partial charge < -0.3 is 0 Å². The van der Waals surface area contributed by atoms with Crippen LogP contribution in [0.25, 0.3) is 5.65 Å². The molecule has 0 aliphatic carbocycles. The van der Waals surface area contributed by atoms with Gasteiger partial charge in [0.2, 0.25) is 0 Å². The first-order valence-electron chi connectivity index (χ1n) is 3.95. The molecule has 0 aliphatic rings. The summed E-state index contributed by atoms with van der Waals surface area (Å²) in [6.45, 7) is 1.99. The number of nitrogens with zero attached hydrogens (tertiary/aromatic N) is 5. The molecule has 5 heteroatoms. The monoisotopic (exact) mass is 173 g/mol. The number of fused-ring (bicyclic) bond motifs is 1. The molecule has 0 N–H and O–H groups in total. The van der Waals surface area contributed by atoms with Crippen molar-refractivity contribution in [1.82, 2.24) is 19.8 Å². The number of hydrogen-bond acceptors (Lipinski definition) is 4. The highest BCUT2D eigenvalue weighted by atomic mass is 15.4. The molecule has 0 fully saturated rings. The van der Waals surface area contributed by atoms with Gasteiger partial charge in [0.15, 0.2) is 5.65 Å². The van der Waals surface area contributed by atoms with Crippen LogP contribution in [0.5, 0.6) is 0 Å². The smallest absolute Gasteiger partial charge is 0.178 e. The van der Waals surface area contributed by atoms with Gasteiger partial charge in [0.25, 0.3) is 0 Å². The number of aryl methyl sites for hydroxylation is 1. The molecular weight excluding hydrogens is 166 g/mol. The van der Waals surface area contributed by atoms with Gasteiger partial charge in [0.1, 0.15) is 11.8 Å². The summed E-state index contributed by atoms with van der Waals surface area (Å²) in [5, 5.41) is 16.4. The molecule has 0 aromatic carbocycles. The molecule has 0 spiro atoms. The van der Waals surface area contributed by atoms with Crippen molar-refractivity contribution in [2.24, 2.45) is 0 Å². The molecule has 0 amide bonds. The van der Waals surface area contributed by atoms with Crippen LogP contribution in [-0.2, 0) is 6.42 Å². The molecule has 0 aliphatic heterocycles. The van der Waals surface area contributed by atoms with Crippen LogP contribution in [0.15, 0.2) is 12.4 Å². The quantitative estimate of drug-likeness (QED) is 0.631. The lowest BCUT2D eigenvalue weighted by Crippen LogP contribution is -1.92. The minimum Gasteiger partial charge on any atom is -0.234 e. The van der Waals surface area contributed by atoms with Gasteiger partial charge in [0, 0.05) is 6.20 Å². The van der Waals surface area contributed by atoms with E-state index in [1.54, 1.807) is 6.20 Å². The second-order valence-corrected chi connectivity index (χ2v) is 2.61. The van der Waals surface area contributed by atoms with Gasteiger partial charge in [-0.1, -0.05) is 12.1 Å². The zero-order valence-electron chi connectivity index (χ0n) is 7.10. The molecule has 2 heterocycles. The fourth-order valence-electron chi connectivity index (χ4n) is 1.12. The van der Waals surface area contributed by atoms with E-state index >= 15 is 0 Å². The zero-order valence-corrected chi connectivity index (χ0v) is 7.10. The third kappa shape index (κ3) is 1.12. The van der Waals surface area contributed by atoms with Crippen molar-refractivity contribution in [3.63, 3.8) is 0 Å². The summed E-state index contributed by atoms with van der Waals surface area (Å²) >= 11 is 0. The Morgan fingerprint density at radius 1 is 1.62 bits per heavy atom. The van der Waals surface area contributed by atoms with E-state index in [0.717, 1.165) is 17.8 Å². The molecule has 64 valence electrons. The van der Waals surface area contributed by atoms with E-state index in [-0.39, 0.29) is 0 Å². The van der Waals surface area contributed by atoms with Crippen molar-refractivity contribution >= 4 is 5.65 Å². The molecule has 2 rings (SSSR count). The molecule has 0 unspecified atom stereocenters. The largest absolute Gasteiger partial charge is 0.234 e. The summed E-state index contributed by atoms with van der Waals surface area (Å²) in [7, 11) is 0. The second-order valence-electron chi connectivity index (χ2n) is 2.61. The maximum absolute atomic E-state index is 8.61. The first-order valence-corrected chi connectivity index (χ1v) is 3.95. The lowest BCUT2D eigenvalue weighted by molar-refractivity contribution is 0.833. The highest BCUT2D eigenvalue weighted by molar-refractivity contribution is 5.43. The van der Waals surface area contributed by atoms with E-state index in [1.165, 1.54) is 10.7 Å². The topological polar surface area (TPSA) is 66.9 Å². The molecule has 0 atom stereocenters. The van der Waals surface area contributed by atoms with E-state index in [9.17, 15) is 0 Å². The summed E-state index contributed by atoms with van der Waals surface area (Å²) in [6, 6.07) is 2.00. The van der Waals surface area contributed by atoms with Crippen molar-refractivity contribution in [2.75, 3.05) is 0 Å². The van der Waals surface area contributed by atoms with Gasteiger partial charge in [-0.15, -0.1) is 5.10 Å². The summed E-state index contributed by atoms with van der Waals surface area (Å²) in [4.78, 5) is 4.10. The first-order chi connectivity index (χ1) is 6.35. The van der Waals surface area contributed by atoms with Crippen LogP contribution < -0.4 is 0 Å². The molecule has 0 saturated carbocycles. The average Bonchev–Trinajstić information content (AvgIpc) is 2.59. The van der Waals surface area contributed by atoms with Crippen LogP contribution in [0.2, 0.25) is 0 Å². The van der Waals surface area contributed by atoms with Crippen molar-refractivity contribution in [3.05, 3.63) is 23.7 Å². The Bertz CT molecular complexity index is 479. The van der Waals surface area contributed by atoms with Crippen LogP contribution >= 0.6 is 0 Å². The fourth-order valence-corrected chi connectivity index (χ4v) is 1.12. The minimum absolute atomic E-state index is 0.486. The Morgan fingerprint density at radius 2 is 2.46 bits per heavy atom. The second kappa shape index (κ2) is 2.83. The molecule has 2 aromatic rings. The van der Waals surface area contributed by atoms with Gasteiger partial charge in [-0.05, 0) is 6.42 Å². The summed E-state index contributed by atoms with van der Waals surface area (Å²) in [6.07, 6.45) is 3.94. The SMILES string of the molecule is CCc1nnn2cc(C#N)cnc12. The van der Waals surface area contributed by atoms with Gasteiger partial charge in [-0.3, -0.25) is 0 Å². The fraction of sp³-hybridized carbons (Fsp3) is 0.250. The summed E-state index contributed by atoms with van der Waals surface area (Å²) < 4.78 is 1.53. The maximum Gasteiger partial charge on any atom is 0.178 e. The van der Waals surface area contributed by atoms with Crippen LogP contribution in [0.4, 0.5) is 0 Å². The van der Waals surface area contributed by atoms with Crippen LogP contribution in [0.3, 0.4) is 0 Å². The maximum atomic E-state index is 8.61. The van der Waals surface area contributed by atoms with Crippen LogP contribution in [0.1, 0.15) is 18.2 Å². The van der Waals surface area contributed by atoms with Gasteiger partial charge in [-0.25, -0.2) is 9.50 Å². The van der Waals surface area contributed by atoms with Crippen molar-refractivity contribution in [1.29, 1.82) is 5.26 Å². The Balaban J connectivity index is 2.70. The van der Waals surface area contributed by atoms with E-state index in [4.69, 9.17) is 5.26 Å². The minimum atomic E-state index is 0.486. The molecule has 2 aromatic heterocycles. The zero-order chi connectivity index (χ0) is 9.26. The van der Waals surface area contributed by atoms with Gasteiger partial charge in [-0.2, -0.15) is 5.26 Å². The first kappa shape index (κ1) is 7.68. The lowest BCUT2D eigenvalue weighted by Gasteiger charge is -1.91. The lowest BCUT2D eigenvalue weighted by atomic mass is 10.3. The predicted molar refractivity (Wildman–Crippen MR) is 44.9 cm³/mol. The molecule has 0 bridgehead atoms. The van der Waals surface area contributed by atoms with Gasteiger partial charge in [0.05, 0.1) is 11.8 Å². The summed E-state index contributed by atoms with van der Waals surface area (Å²) in [5.74, 6) is 0. The molecule has 0 radical (unpaired) electrons. The molecule has 5 nitrogen and oxygen atoms in total. The Hall–Kier alpha value is -1.96. The molecular formula is C8H7N5. The van der Waals surface area contributed by atoms with E-state index in [1.807, 2.05) is 13.0 Å². The van der Waals surface area contributed by atoms with Crippen molar-refractivity contribution in [2.45, 2.75) is 13.3 Å². The highest BCUT2D eigenvalue weighted by Gasteiger charge is 2.04. The van der Waals surface area contributed by atoms with Gasteiger partial charge >= 0.3 is 0 Å². The number of aromatic nitrogens is 4. The standard InChI is InChI=1S/C8H7N5/c1-2-7-8-10-4-6(3-9)5-13(8)12-11-7/h4-5H,2H2,1H3. The average molecular weight is 173 g/mol. The normalized spacial score (nSPS) is 10.2. The predicted octanol–water partition coefficient (Wildman–Crippen LogP) is 0.558. The summed E-state index contributed by atoms with van der Waals surface area (Å²) in [5.41, 5.74) is 2.06. The Labute approximate surface area is 74.6 Å². The molecule has 13 heavy (non-hydrogen) atoms.